The molecule has 0 spiro atoms. The standard InChI is InChI=1S/C15H10Cl2N4/c16-13-6-5-10(15(17)20-13)9-21-12-4-2-1-3-11(12)19-14(21)7-8-18/h1-6H,7,9H2. The van der Waals surface area contributed by atoms with Gasteiger partial charge in [0.05, 0.1) is 30.1 Å². The van der Waals surface area contributed by atoms with E-state index in [-0.39, 0.29) is 6.42 Å². The number of nitrogens with zero attached hydrogens (tertiary/aromatic N) is 4. The highest BCUT2D eigenvalue weighted by molar-refractivity contribution is 6.32. The second-order valence-corrected chi connectivity index (χ2v) is 5.27. The van der Waals surface area contributed by atoms with Gasteiger partial charge in [-0.05, 0) is 18.2 Å². The normalized spacial score (nSPS) is 10.7. The topological polar surface area (TPSA) is 54.5 Å². The van der Waals surface area contributed by atoms with Gasteiger partial charge >= 0.3 is 0 Å². The van der Waals surface area contributed by atoms with Crippen molar-refractivity contribution < 1.29 is 0 Å². The van der Waals surface area contributed by atoms with Gasteiger partial charge < -0.3 is 4.57 Å². The molecule has 0 atom stereocenters. The van der Waals surface area contributed by atoms with E-state index in [2.05, 4.69) is 16.0 Å². The van der Waals surface area contributed by atoms with Crippen molar-refractivity contribution in [3.05, 3.63) is 58.1 Å². The number of hydrogen-bond acceptors (Lipinski definition) is 3. The smallest absolute Gasteiger partial charge is 0.135 e. The predicted molar refractivity (Wildman–Crippen MR) is 82.4 cm³/mol. The predicted octanol–water partition coefficient (Wildman–Crippen LogP) is 3.85. The highest BCUT2D eigenvalue weighted by Crippen LogP contribution is 2.22. The van der Waals surface area contributed by atoms with Crippen molar-refractivity contribution in [2.75, 3.05) is 0 Å². The lowest BCUT2D eigenvalue weighted by atomic mass is 10.2. The van der Waals surface area contributed by atoms with Crippen LogP contribution >= 0.6 is 23.2 Å². The lowest BCUT2D eigenvalue weighted by molar-refractivity contribution is 0.767. The van der Waals surface area contributed by atoms with E-state index in [9.17, 15) is 0 Å². The number of para-hydroxylation sites is 2. The molecule has 2 aromatic heterocycles. The molecule has 0 saturated carbocycles. The molecule has 6 heteroatoms. The average Bonchev–Trinajstić information content (AvgIpc) is 2.80. The molecule has 21 heavy (non-hydrogen) atoms. The van der Waals surface area contributed by atoms with Crippen molar-refractivity contribution in [1.29, 1.82) is 5.26 Å². The fourth-order valence-electron chi connectivity index (χ4n) is 2.24. The first-order valence-corrected chi connectivity index (χ1v) is 7.06. The molecule has 0 saturated heterocycles. The average molecular weight is 317 g/mol. The maximum absolute atomic E-state index is 8.97. The number of pyridine rings is 1. The summed E-state index contributed by atoms with van der Waals surface area (Å²) in [7, 11) is 0. The highest BCUT2D eigenvalue weighted by Gasteiger charge is 2.12. The maximum atomic E-state index is 8.97. The maximum Gasteiger partial charge on any atom is 0.135 e. The molecule has 3 rings (SSSR count). The van der Waals surface area contributed by atoms with Gasteiger partial charge in [-0.1, -0.05) is 41.4 Å². The Morgan fingerprint density at radius 2 is 1.90 bits per heavy atom. The molecule has 0 fully saturated rings. The van der Waals surface area contributed by atoms with Crippen LogP contribution in [0.5, 0.6) is 0 Å². The first-order valence-electron chi connectivity index (χ1n) is 6.31. The van der Waals surface area contributed by atoms with Crippen LogP contribution in [0.15, 0.2) is 36.4 Å². The number of hydrogen-bond donors (Lipinski definition) is 0. The summed E-state index contributed by atoms with van der Waals surface area (Å²) in [6.07, 6.45) is 0.243. The van der Waals surface area contributed by atoms with Crippen LogP contribution in [0.25, 0.3) is 11.0 Å². The molecule has 4 nitrogen and oxygen atoms in total. The second kappa shape index (κ2) is 5.72. The molecule has 104 valence electrons. The molecule has 0 aliphatic rings. The van der Waals surface area contributed by atoms with Gasteiger partial charge in [-0.25, -0.2) is 9.97 Å². The van der Waals surface area contributed by atoms with E-state index >= 15 is 0 Å². The van der Waals surface area contributed by atoms with Crippen LogP contribution < -0.4 is 0 Å². The number of nitriles is 1. The third kappa shape index (κ3) is 2.71. The molecule has 3 aromatic rings. The molecule has 0 N–H and O–H groups in total. The first-order chi connectivity index (χ1) is 10.2. The van der Waals surface area contributed by atoms with E-state index in [1.165, 1.54) is 0 Å². The van der Waals surface area contributed by atoms with Gasteiger partial charge in [0.1, 0.15) is 16.1 Å². The monoisotopic (exact) mass is 316 g/mol. The zero-order valence-electron chi connectivity index (χ0n) is 10.9. The van der Waals surface area contributed by atoms with Gasteiger partial charge in [-0.2, -0.15) is 5.26 Å². The van der Waals surface area contributed by atoms with Crippen LogP contribution in [0, 0.1) is 11.3 Å². The van der Waals surface area contributed by atoms with Crippen molar-refractivity contribution in [1.82, 2.24) is 14.5 Å². The zero-order chi connectivity index (χ0) is 14.8. The summed E-state index contributed by atoms with van der Waals surface area (Å²) in [5.41, 5.74) is 2.66. The van der Waals surface area contributed by atoms with Crippen LogP contribution in [0.2, 0.25) is 10.3 Å². The van der Waals surface area contributed by atoms with Gasteiger partial charge in [0.2, 0.25) is 0 Å². The van der Waals surface area contributed by atoms with Crippen LogP contribution in [0.1, 0.15) is 11.4 Å². The molecule has 1 aromatic carbocycles. The molecule has 2 heterocycles. The van der Waals surface area contributed by atoms with Gasteiger partial charge in [0, 0.05) is 5.56 Å². The van der Waals surface area contributed by atoms with E-state index in [0.717, 1.165) is 16.6 Å². The molecular formula is C15H10Cl2N4. The second-order valence-electron chi connectivity index (χ2n) is 4.52. The quantitative estimate of drug-likeness (QED) is 0.689. The SMILES string of the molecule is N#CCc1nc2ccccc2n1Cc1ccc(Cl)nc1Cl. The largest absolute Gasteiger partial charge is 0.322 e. The van der Waals surface area contributed by atoms with Gasteiger partial charge in [-0.3, -0.25) is 0 Å². The number of imidazole rings is 1. The van der Waals surface area contributed by atoms with Crippen molar-refractivity contribution in [3.8, 4) is 6.07 Å². The van der Waals surface area contributed by atoms with Crippen molar-refractivity contribution in [2.45, 2.75) is 13.0 Å². The summed E-state index contributed by atoms with van der Waals surface area (Å²) in [6.45, 7) is 0.501. The lowest BCUT2D eigenvalue weighted by Crippen LogP contribution is -2.05. The lowest BCUT2D eigenvalue weighted by Gasteiger charge is -2.09. The Morgan fingerprint density at radius 3 is 2.67 bits per heavy atom. The summed E-state index contributed by atoms with van der Waals surface area (Å²) < 4.78 is 1.98. The van der Waals surface area contributed by atoms with Gasteiger partial charge in [0.25, 0.3) is 0 Å². The van der Waals surface area contributed by atoms with Crippen molar-refractivity contribution >= 4 is 34.2 Å². The van der Waals surface area contributed by atoms with Gasteiger partial charge in [0.15, 0.2) is 0 Å². The Hall–Kier alpha value is -2.09. The highest BCUT2D eigenvalue weighted by atomic mass is 35.5. The fraction of sp³-hybridized carbons (Fsp3) is 0.133. The summed E-state index contributed by atoms with van der Waals surface area (Å²) in [4.78, 5) is 8.54. The van der Waals surface area contributed by atoms with E-state index in [4.69, 9.17) is 28.5 Å². The molecule has 0 aliphatic heterocycles. The Bertz CT molecular complexity index is 848. The molecular weight excluding hydrogens is 307 g/mol. The summed E-state index contributed by atoms with van der Waals surface area (Å²) in [6, 6.07) is 13.4. The third-order valence-corrected chi connectivity index (χ3v) is 3.73. The minimum atomic E-state index is 0.243. The molecule has 0 aliphatic carbocycles. The minimum absolute atomic E-state index is 0.243. The molecule has 0 bridgehead atoms. The minimum Gasteiger partial charge on any atom is -0.322 e. The number of aromatic nitrogens is 3. The van der Waals surface area contributed by atoms with Crippen LogP contribution in [0.4, 0.5) is 0 Å². The third-order valence-electron chi connectivity index (χ3n) is 3.19. The number of fused-ring (bicyclic) bond motifs is 1. The summed E-state index contributed by atoms with van der Waals surface area (Å²) in [5.74, 6) is 0.713. The molecule has 0 amide bonds. The Labute approximate surface area is 131 Å². The number of halogens is 2. The van der Waals surface area contributed by atoms with E-state index in [1.54, 1.807) is 6.07 Å². The first kappa shape index (κ1) is 13.9. The van der Waals surface area contributed by atoms with Crippen LogP contribution in [-0.2, 0) is 13.0 Å². The molecule has 0 unspecified atom stereocenters. The zero-order valence-corrected chi connectivity index (χ0v) is 12.4. The Morgan fingerprint density at radius 1 is 1.10 bits per heavy atom. The fourth-order valence-corrected chi connectivity index (χ4v) is 2.64. The Kier molecular flexibility index (Phi) is 3.78. The number of rotatable bonds is 3. The Balaban J connectivity index is 2.10. The van der Waals surface area contributed by atoms with Crippen molar-refractivity contribution in [2.24, 2.45) is 0 Å². The summed E-state index contributed by atoms with van der Waals surface area (Å²) >= 11 is 11.9. The summed E-state index contributed by atoms with van der Waals surface area (Å²) in [5, 5.41) is 9.69. The number of benzene rings is 1. The van der Waals surface area contributed by atoms with Gasteiger partial charge in [-0.15, -0.1) is 0 Å². The van der Waals surface area contributed by atoms with E-state index < -0.39 is 0 Å². The van der Waals surface area contributed by atoms with Crippen LogP contribution in [0.3, 0.4) is 0 Å². The van der Waals surface area contributed by atoms with Crippen molar-refractivity contribution in [3.63, 3.8) is 0 Å². The van der Waals surface area contributed by atoms with Crippen LogP contribution in [-0.4, -0.2) is 14.5 Å². The van der Waals surface area contributed by atoms with E-state index in [1.807, 2.05) is 34.9 Å². The van der Waals surface area contributed by atoms with E-state index in [0.29, 0.717) is 22.7 Å². The molecule has 0 radical (unpaired) electrons.